The Morgan fingerprint density at radius 1 is 1.17 bits per heavy atom. The smallest absolute Gasteiger partial charge is 0.243 e. The first-order valence-electron chi connectivity index (χ1n) is 7.51. The van der Waals surface area contributed by atoms with Crippen LogP contribution in [0.5, 0.6) is 0 Å². The van der Waals surface area contributed by atoms with Crippen LogP contribution in [0.25, 0.3) is 0 Å². The minimum absolute atomic E-state index is 0.326. The molecule has 8 heteroatoms. The van der Waals surface area contributed by atoms with Crippen molar-refractivity contribution < 1.29 is 8.42 Å². The summed E-state index contributed by atoms with van der Waals surface area (Å²) in [7, 11) is -3.48. The van der Waals surface area contributed by atoms with E-state index in [1.54, 1.807) is 36.5 Å². The fourth-order valence-corrected chi connectivity index (χ4v) is 4.67. The highest BCUT2D eigenvalue weighted by atomic mass is 79.9. The number of halogens is 2. The Balaban J connectivity index is 1.76. The molecule has 0 atom stereocenters. The zero-order valence-electron chi connectivity index (χ0n) is 13.1. The monoisotopic (exact) mass is 429 g/mol. The predicted molar refractivity (Wildman–Crippen MR) is 99.1 cm³/mol. The van der Waals surface area contributed by atoms with Gasteiger partial charge in [-0.15, -0.1) is 0 Å². The van der Waals surface area contributed by atoms with Crippen molar-refractivity contribution in [2.75, 3.05) is 31.1 Å². The van der Waals surface area contributed by atoms with E-state index < -0.39 is 10.0 Å². The number of anilines is 1. The van der Waals surface area contributed by atoms with Crippen molar-refractivity contribution >= 4 is 43.4 Å². The Morgan fingerprint density at radius 2 is 1.88 bits per heavy atom. The van der Waals surface area contributed by atoms with Crippen molar-refractivity contribution in [1.29, 1.82) is 0 Å². The van der Waals surface area contributed by atoms with Crippen LogP contribution in [0.3, 0.4) is 0 Å². The molecule has 2 aromatic rings. The Kier molecular flexibility index (Phi) is 5.15. The fourth-order valence-electron chi connectivity index (χ4n) is 2.68. The highest BCUT2D eigenvalue weighted by Gasteiger charge is 2.29. The minimum atomic E-state index is -3.48. The van der Waals surface area contributed by atoms with E-state index in [0.717, 1.165) is 10.0 Å². The number of pyridine rings is 1. The number of hydrogen-bond donors (Lipinski definition) is 0. The van der Waals surface area contributed by atoms with E-state index in [1.807, 2.05) is 11.8 Å². The third-order valence-electron chi connectivity index (χ3n) is 4.04. The summed E-state index contributed by atoms with van der Waals surface area (Å²) in [6.45, 7) is 3.82. The molecule has 1 aromatic carbocycles. The summed E-state index contributed by atoms with van der Waals surface area (Å²) >= 11 is 9.57. The zero-order chi connectivity index (χ0) is 17.3. The largest absolute Gasteiger partial charge is 0.353 e. The van der Waals surface area contributed by atoms with Gasteiger partial charge < -0.3 is 4.90 Å². The number of benzene rings is 1. The van der Waals surface area contributed by atoms with E-state index >= 15 is 0 Å². The van der Waals surface area contributed by atoms with Crippen LogP contribution in [0.4, 0.5) is 5.82 Å². The van der Waals surface area contributed by atoms with E-state index in [-0.39, 0.29) is 0 Å². The van der Waals surface area contributed by atoms with Crippen molar-refractivity contribution in [1.82, 2.24) is 9.29 Å². The molecule has 2 heterocycles. The van der Waals surface area contributed by atoms with Gasteiger partial charge in [0.1, 0.15) is 5.82 Å². The van der Waals surface area contributed by atoms with Crippen LogP contribution in [0.15, 0.2) is 45.9 Å². The molecular formula is C16H17BrClN3O2S. The molecule has 1 aliphatic heterocycles. The third kappa shape index (κ3) is 3.44. The number of sulfonamides is 1. The average molecular weight is 431 g/mol. The Labute approximate surface area is 155 Å². The van der Waals surface area contributed by atoms with Gasteiger partial charge in [-0.2, -0.15) is 4.31 Å². The Morgan fingerprint density at radius 3 is 2.50 bits per heavy atom. The van der Waals surface area contributed by atoms with E-state index in [0.29, 0.717) is 41.9 Å². The van der Waals surface area contributed by atoms with Gasteiger partial charge in [-0.1, -0.05) is 27.5 Å². The second-order valence-corrected chi connectivity index (χ2v) is 8.81. The van der Waals surface area contributed by atoms with Gasteiger partial charge in [-0.3, -0.25) is 0 Å². The summed E-state index contributed by atoms with van der Waals surface area (Å²) in [6.07, 6.45) is 1.69. The van der Waals surface area contributed by atoms with E-state index in [1.165, 1.54) is 4.31 Å². The molecule has 128 valence electrons. The van der Waals surface area contributed by atoms with Crippen LogP contribution >= 0.6 is 27.5 Å². The van der Waals surface area contributed by atoms with Crippen LogP contribution in [-0.4, -0.2) is 43.9 Å². The molecule has 1 aliphatic rings. The quantitative estimate of drug-likeness (QED) is 0.749. The highest BCUT2D eigenvalue weighted by Crippen LogP contribution is 2.26. The number of nitrogens with zero attached hydrogens (tertiary/aromatic N) is 3. The van der Waals surface area contributed by atoms with Gasteiger partial charge in [0.25, 0.3) is 0 Å². The number of aromatic nitrogens is 1. The van der Waals surface area contributed by atoms with Crippen molar-refractivity contribution in [2.24, 2.45) is 0 Å². The highest BCUT2D eigenvalue weighted by molar-refractivity contribution is 9.10. The minimum Gasteiger partial charge on any atom is -0.353 e. The molecule has 24 heavy (non-hydrogen) atoms. The molecular weight excluding hydrogens is 414 g/mol. The zero-order valence-corrected chi connectivity index (χ0v) is 16.3. The van der Waals surface area contributed by atoms with E-state index in [2.05, 4.69) is 20.9 Å². The van der Waals surface area contributed by atoms with Crippen LogP contribution in [0.2, 0.25) is 5.02 Å². The standard InChI is InChI=1S/C16H17BrClN3O2S/c1-12-11-13(4-5-14(12)17)24(22,23)21-9-7-20(8-10-21)16-15(18)3-2-6-19-16/h2-6,11H,7-10H2,1H3. The summed E-state index contributed by atoms with van der Waals surface area (Å²) in [5, 5.41) is 0.581. The number of piperazine rings is 1. The molecule has 0 bridgehead atoms. The number of rotatable bonds is 3. The van der Waals surface area contributed by atoms with Gasteiger partial charge in [0.05, 0.1) is 9.92 Å². The van der Waals surface area contributed by atoms with E-state index in [4.69, 9.17) is 11.6 Å². The summed E-state index contributed by atoms with van der Waals surface area (Å²) in [5.41, 5.74) is 0.898. The fraction of sp³-hybridized carbons (Fsp3) is 0.312. The summed E-state index contributed by atoms with van der Waals surface area (Å²) in [6, 6.07) is 8.67. The van der Waals surface area contributed by atoms with Crippen LogP contribution in [0.1, 0.15) is 5.56 Å². The van der Waals surface area contributed by atoms with Gasteiger partial charge in [-0.05, 0) is 42.8 Å². The second-order valence-electron chi connectivity index (χ2n) is 5.61. The van der Waals surface area contributed by atoms with E-state index in [9.17, 15) is 8.42 Å². The maximum atomic E-state index is 12.8. The van der Waals surface area contributed by atoms with Crippen molar-refractivity contribution in [3.05, 3.63) is 51.6 Å². The lowest BCUT2D eigenvalue weighted by molar-refractivity contribution is 0.384. The predicted octanol–water partition coefficient (Wildman–Crippen LogP) is 3.32. The maximum Gasteiger partial charge on any atom is 0.243 e. The number of aryl methyl sites for hydroxylation is 1. The molecule has 0 saturated carbocycles. The molecule has 0 unspecified atom stereocenters. The Hall–Kier alpha value is -1.15. The lowest BCUT2D eigenvalue weighted by Gasteiger charge is -2.35. The lowest BCUT2D eigenvalue weighted by Crippen LogP contribution is -2.49. The molecule has 0 N–H and O–H groups in total. The third-order valence-corrected chi connectivity index (χ3v) is 7.12. The van der Waals surface area contributed by atoms with Crippen molar-refractivity contribution in [3.63, 3.8) is 0 Å². The topological polar surface area (TPSA) is 53.5 Å². The van der Waals surface area contributed by atoms with Gasteiger partial charge in [0.2, 0.25) is 10.0 Å². The molecule has 0 spiro atoms. The van der Waals surface area contributed by atoms with Gasteiger partial charge in [-0.25, -0.2) is 13.4 Å². The molecule has 0 aliphatic carbocycles. The average Bonchev–Trinajstić information content (AvgIpc) is 2.58. The van der Waals surface area contributed by atoms with Crippen molar-refractivity contribution in [3.8, 4) is 0 Å². The summed E-state index contributed by atoms with van der Waals surface area (Å²) in [5.74, 6) is 0.704. The lowest BCUT2D eigenvalue weighted by atomic mass is 10.2. The second kappa shape index (κ2) is 7.00. The molecule has 1 fully saturated rings. The molecule has 0 amide bonds. The first-order chi connectivity index (χ1) is 11.4. The first-order valence-corrected chi connectivity index (χ1v) is 10.1. The van der Waals surface area contributed by atoms with Crippen LogP contribution in [0, 0.1) is 6.92 Å². The van der Waals surface area contributed by atoms with Crippen LogP contribution < -0.4 is 4.90 Å². The number of hydrogen-bond acceptors (Lipinski definition) is 4. The normalized spacial score (nSPS) is 16.4. The molecule has 5 nitrogen and oxygen atoms in total. The first kappa shape index (κ1) is 17.7. The molecule has 1 saturated heterocycles. The van der Waals surface area contributed by atoms with Gasteiger partial charge in [0, 0.05) is 36.8 Å². The SMILES string of the molecule is Cc1cc(S(=O)(=O)N2CCN(c3ncccc3Cl)CC2)ccc1Br. The summed E-state index contributed by atoms with van der Waals surface area (Å²) < 4.78 is 28.0. The maximum absolute atomic E-state index is 12.8. The van der Waals surface area contributed by atoms with Gasteiger partial charge >= 0.3 is 0 Å². The van der Waals surface area contributed by atoms with Crippen molar-refractivity contribution in [2.45, 2.75) is 11.8 Å². The van der Waals surface area contributed by atoms with Gasteiger partial charge in [0.15, 0.2) is 0 Å². The Bertz CT molecular complexity index is 852. The molecule has 1 aromatic heterocycles. The molecule has 3 rings (SSSR count). The molecule has 0 radical (unpaired) electrons. The van der Waals surface area contributed by atoms with Crippen LogP contribution in [-0.2, 0) is 10.0 Å². The summed E-state index contributed by atoms with van der Waals surface area (Å²) in [4.78, 5) is 6.63.